The number of para-hydroxylation sites is 1. The van der Waals surface area contributed by atoms with Gasteiger partial charge in [-0.05, 0) is 23.8 Å². The van der Waals surface area contributed by atoms with Crippen molar-refractivity contribution in [1.29, 1.82) is 0 Å². The van der Waals surface area contributed by atoms with Crippen molar-refractivity contribution >= 4 is 17.2 Å². The molecule has 0 bridgehead atoms. The first-order valence-electron chi connectivity index (χ1n) is 9.27. The molecule has 7 heteroatoms. The average Bonchev–Trinajstić information content (AvgIpc) is 2.75. The first-order chi connectivity index (χ1) is 13.6. The van der Waals surface area contributed by atoms with Crippen LogP contribution in [0.5, 0.6) is 0 Å². The van der Waals surface area contributed by atoms with Crippen LogP contribution < -0.4 is 10.5 Å². The lowest BCUT2D eigenvalue weighted by atomic mass is 10.1. The Morgan fingerprint density at radius 2 is 1.89 bits per heavy atom. The van der Waals surface area contributed by atoms with Crippen LogP contribution >= 0.6 is 0 Å². The summed E-state index contributed by atoms with van der Waals surface area (Å²) in [7, 11) is 1.71. The molecule has 1 amide bonds. The Morgan fingerprint density at radius 3 is 2.71 bits per heavy atom. The molecule has 1 saturated heterocycles. The van der Waals surface area contributed by atoms with Gasteiger partial charge in [0.1, 0.15) is 11.2 Å². The molecule has 0 N–H and O–H groups in total. The van der Waals surface area contributed by atoms with Crippen molar-refractivity contribution in [2.45, 2.75) is 6.54 Å². The Morgan fingerprint density at radius 1 is 1.14 bits per heavy atom. The van der Waals surface area contributed by atoms with Gasteiger partial charge in [-0.1, -0.05) is 24.3 Å². The van der Waals surface area contributed by atoms with Gasteiger partial charge in [-0.3, -0.25) is 14.0 Å². The quantitative estimate of drug-likeness (QED) is 0.693. The van der Waals surface area contributed by atoms with Gasteiger partial charge in [0, 0.05) is 44.8 Å². The fourth-order valence-electron chi connectivity index (χ4n) is 3.46. The molecule has 144 valence electrons. The van der Waals surface area contributed by atoms with Crippen molar-refractivity contribution in [2.75, 3.05) is 38.3 Å². The van der Waals surface area contributed by atoms with Gasteiger partial charge in [0.2, 0.25) is 0 Å². The molecule has 7 nitrogen and oxygen atoms in total. The third-order valence-electron chi connectivity index (χ3n) is 4.94. The molecular formula is C21H22N4O3. The number of hydrogen-bond donors (Lipinski definition) is 0. The Hall–Kier alpha value is -3.19. The zero-order valence-corrected chi connectivity index (χ0v) is 15.7. The zero-order valence-electron chi connectivity index (χ0n) is 15.7. The molecule has 0 atom stereocenters. The van der Waals surface area contributed by atoms with Crippen LogP contribution in [0.3, 0.4) is 0 Å². The highest BCUT2D eigenvalue weighted by Gasteiger charge is 2.20. The number of anilines is 1. The van der Waals surface area contributed by atoms with Crippen molar-refractivity contribution < 1.29 is 9.53 Å². The molecule has 1 fully saturated rings. The van der Waals surface area contributed by atoms with E-state index in [2.05, 4.69) is 16.0 Å². The molecule has 4 rings (SSSR count). The first-order valence-corrected chi connectivity index (χ1v) is 9.27. The maximum absolute atomic E-state index is 12.9. The number of amides is 1. The van der Waals surface area contributed by atoms with Gasteiger partial charge in [-0.2, -0.15) is 0 Å². The summed E-state index contributed by atoms with van der Waals surface area (Å²) in [5.74, 6) is -0.340. The predicted octanol–water partition coefficient (Wildman–Crippen LogP) is 1.80. The predicted molar refractivity (Wildman–Crippen MR) is 107 cm³/mol. The molecule has 0 saturated carbocycles. The molecule has 2 aromatic heterocycles. The number of aromatic nitrogens is 2. The number of benzene rings is 1. The van der Waals surface area contributed by atoms with Crippen LogP contribution in [0.2, 0.25) is 0 Å². The van der Waals surface area contributed by atoms with Gasteiger partial charge >= 0.3 is 0 Å². The van der Waals surface area contributed by atoms with E-state index in [1.165, 1.54) is 10.6 Å². The lowest BCUT2D eigenvalue weighted by molar-refractivity contribution is 0.0782. The summed E-state index contributed by atoms with van der Waals surface area (Å²) in [6.07, 6.45) is 2.99. The first kappa shape index (κ1) is 18.2. The second kappa shape index (κ2) is 7.82. The number of hydrogen-bond acceptors (Lipinski definition) is 5. The van der Waals surface area contributed by atoms with Gasteiger partial charge in [0.15, 0.2) is 0 Å². The van der Waals surface area contributed by atoms with Crippen molar-refractivity contribution in [3.05, 3.63) is 76.3 Å². The third kappa shape index (κ3) is 3.48. The molecule has 3 heterocycles. The lowest BCUT2D eigenvalue weighted by Crippen LogP contribution is -2.37. The SMILES string of the molecule is CN(Cc1ccccc1N1CCOCC1)C(=O)c1cnc2ccccn2c1=O. The van der Waals surface area contributed by atoms with E-state index in [0.717, 1.165) is 24.3 Å². The van der Waals surface area contributed by atoms with Crippen LogP contribution in [0.25, 0.3) is 5.65 Å². The minimum absolute atomic E-state index is 0.0649. The third-order valence-corrected chi connectivity index (χ3v) is 4.94. The minimum atomic E-state index is -0.357. The molecule has 0 radical (unpaired) electrons. The fraction of sp³-hybridized carbons (Fsp3) is 0.286. The summed E-state index contributed by atoms with van der Waals surface area (Å²) in [6, 6.07) is 13.3. The molecule has 0 aliphatic carbocycles. The van der Waals surface area contributed by atoms with Crippen LogP contribution in [0, 0.1) is 0 Å². The Bertz CT molecular complexity index is 1060. The summed E-state index contributed by atoms with van der Waals surface area (Å²) >= 11 is 0. The summed E-state index contributed by atoms with van der Waals surface area (Å²) in [5, 5.41) is 0. The summed E-state index contributed by atoms with van der Waals surface area (Å²) in [6.45, 7) is 3.45. The van der Waals surface area contributed by atoms with Crippen molar-refractivity contribution in [3.8, 4) is 0 Å². The molecule has 1 aliphatic rings. The highest BCUT2D eigenvalue weighted by atomic mass is 16.5. The van der Waals surface area contributed by atoms with E-state index in [-0.39, 0.29) is 17.0 Å². The maximum Gasteiger partial charge on any atom is 0.270 e. The smallest absolute Gasteiger partial charge is 0.270 e. The number of ether oxygens (including phenoxy) is 1. The largest absolute Gasteiger partial charge is 0.378 e. The van der Waals surface area contributed by atoms with Gasteiger partial charge in [0.05, 0.1) is 13.2 Å². The van der Waals surface area contributed by atoms with Crippen LogP contribution in [-0.2, 0) is 11.3 Å². The Balaban J connectivity index is 1.59. The molecule has 28 heavy (non-hydrogen) atoms. The van der Waals surface area contributed by atoms with Gasteiger partial charge in [0.25, 0.3) is 11.5 Å². The Labute approximate surface area is 162 Å². The summed E-state index contributed by atoms with van der Waals surface area (Å²) in [4.78, 5) is 33.7. The van der Waals surface area contributed by atoms with Crippen molar-refractivity contribution in [2.24, 2.45) is 0 Å². The number of carbonyl (C=O) groups is 1. The van der Waals surface area contributed by atoms with Crippen LogP contribution in [-0.4, -0.2) is 53.5 Å². The number of fused-ring (bicyclic) bond motifs is 1. The highest BCUT2D eigenvalue weighted by Crippen LogP contribution is 2.23. The minimum Gasteiger partial charge on any atom is -0.378 e. The summed E-state index contributed by atoms with van der Waals surface area (Å²) < 4.78 is 6.83. The molecule has 3 aromatic rings. The lowest BCUT2D eigenvalue weighted by Gasteiger charge is -2.31. The molecule has 1 aromatic carbocycles. The van der Waals surface area contributed by atoms with Crippen LogP contribution in [0.15, 0.2) is 59.7 Å². The van der Waals surface area contributed by atoms with E-state index >= 15 is 0 Å². The monoisotopic (exact) mass is 378 g/mol. The van der Waals surface area contributed by atoms with E-state index in [1.54, 1.807) is 36.3 Å². The number of rotatable bonds is 4. The fourth-order valence-corrected chi connectivity index (χ4v) is 3.46. The number of morpholine rings is 1. The van der Waals surface area contributed by atoms with Crippen molar-refractivity contribution in [3.63, 3.8) is 0 Å². The van der Waals surface area contributed by atoms with E-state index in [9.17, 15) is 9.59 Å². The van der Waals surface area contributed by atoms with Gasteiger partial charge < -0.3 is 14.5 Å². The van der Waals surface area contributed by atoms with E-state index in [1.807, 2.05) is 18.2 Å². The molecular weight excluding hydrogens is 356 g/mol. The van der Waals surface area contributed by atoms with Crippen molar-refractivity contribution in [1.82, 2.24) is 14.3 Å². The van der Waals surface area contributed by atoms with E-state index < -0.39 is 0 Å². The van der Waals surface area contributed by atoms with Gasteiger partial charge in [-0.25, -0.2) is 4.98 Å². The number of nitrogens with zero attached hydrogens (tertiary/aromatic N) is 4. The maximum atomic E-state index is 12.9. The Kier molecular flexibility index (Phi) is 5.08. The number of carbonyl (C=O) groups excluding carboxylic acids is 1. The second-order valence-electron chi connectivity index (χ2n) is 6.80. The van der Waals surface area contributed by atoms with E-state index in [0.29, 0.717) is 25.4 Å². The van der Waals surface area contributed by atoms with Gasteiger partial charge in [-0.15, -0.1) is 0 Å². The molecule has 1 aliphatic heterocycles. The highest BCUT2D eigenvalue weighted by molar-refractivity contribution is 5.93. The average molecular weight is 378 g/mol. The molecule has 0 unspecified atom stereocenters. The topological polar surface area (TPSA) is 67.2 Å². The van der Waals surface area contributed by atoms with Crippen LogP contribution in [0.1, 0.15) is 15.9 Å². The van der Waals surface area contributed by atoms with Crippen LogP contribution in [0.4, 0.5) is 5.69 Å². The molecule has 0 spiro atoms. The zero-order chi connectivity index (χ0) is 19.5. The summed E-state index contributed by atoms with van der Waals surface area (Å²) in [5.41, 5.74) is 2.36. The number of pyridine rings is 1. The second-order valence-corrected chi connectivity index (χ2v) is 6.80. The normalized spacial score (nSPS) is 14.2. The standard InChI is InChI=1S/C21H22N4O3/c1-23(15-16-6-2-3-7-18(16)24-10-12-28-13-11-24)20(26)17-14-22-19-8-4-5-9-25(19)21(17)27/h2-9,14H,10-13,15H2,1H3. The van der Waals surface area contributed by atoms with E-state index in [4.69, 9.17) is 4.74 Å².